The molecule has 3 rings (SSSR count). The second-order valence-electron chi connectivity index (χ2n) is 8.66. The molecule has 25 heavy (non-hydrogen) atoms. The average Bonchev–Trinajstić information content (AvgIpc) is 2.92. The Morgan fingerprint density at radius 1 is 1.28 bits per heavy atom. The van der Waals surface area contributed by atoms with Gasteiger partial charge in [-0.15, -0.1) is 0 Å². The fraction of sp³-hybridized carbons (Fsp3) is 0.682. The van der Waals surface area contributed by atoms with Crippen LogP contribution >= 0.6 is 0 Å². The maximum atomic E-state index is 11.5. The molecule has 0 aromatic rings. The molecule has 0 aromatic carbocycles. The van der Waals surface area contributed by atoms with Crippen LogP contribution in [0.2, 0.25) is 0 Å². The van der Waals surface area contributed by atoms with Gasteiger partial charge in [0.15, 0.2) is 0 Å². The highest BCUT2D eigenvalue weighted by atomic mass is 16.4. The molecule has 3 aliphatic rings. The maximum absolute atomic E-state index is 11.5. The molecule has 3 fully saturated rings. The average molecular weight is 344 g/mol. The van der Waals surface area contributed by atoms with E-state index in [1.807, 2.05) is 6.92 Å². The first-order valence-electron chi connectivity index (χ1n) is 9.81. The third-order valence-electron chi connectivity index (χ3n) is 7.22. The van der Waals surface area contributed by atoms with Crippen molar-refractivity contribution in [3.05, 3.63) is 35.5 Å². The molecule has 3 unspecified atom stereocenters. The van der Waals surface area contributed by atoms with E-state index in [0.717, 1.165) is 50.5 Å². The summed E-state index contributed by atoms with van der Waals surface area (Å²) in [6.07, 6.45) is 12.2. The lowest BCUT2D eigenvalue weighted by molar-refractivity contribution is -0.144. The van der Waals surface area contributed by atoms with E-state index in [9.17, 15) is 15.0 Å². The van der Waals surface area contributed by atoms with Crippen LogP contribution in [0.5, 0.6) is 0 Å². The minimum absolute atomic E-state index is 0.115. The second kappa shape index (κ2) is 7.11. The Balaban J connectivity index is 1.82. The number of carboxylic acids is 1. The standard InChI is InChI=1S/C22H32O3/c1-14-6-9-18(23)13-17(14)8-7-16-5-4-12-22(3)19(10-11-20(16)22)15(2)21(24)25/h7-8,15,18-20,23H,1,4-6,9-13H2,2-3H3,(H,24,25)/t15?,18-,19?,20?,22+/m0/s1. The van der Waals surface area contributed by atoms with E-state index in [1.165, 1.54) is 11.1 Å². The zero-order valence-corrected chi connectivity index (χ0v) is 15.6. The van der Waals surface area contributed by atoms with Gasteiger partial charge < -0.3 is 10.2 Å². The number of hydrogen-bond donors (Lipinski definition) is 2. The molecule has 3 nitrogen and oxygen atoms in total. The molecule has 3 heteroatoms. The molecule has 0 aromatic heterocycles. The van der Waals surface area contributed by atoms with Crippen LogP contribution in [0.25, 0.3) is 0 Å². The smallest absolute Gasteiger partial charge is 0.306 e. The number of rotatable bonds is 3. The van der Waals surface area contributed by atoms with Gasteiger partial charge in [0.2, 0.25) is 0 Å². The third-order valence-corrected chi connectivity index (χ3v) is 7.22. The molecule has 0 saturated heterocycles. The molecule has 138 valence electrons. The summed E-state index contributed by atoms with van der Waals surface area (Å²) >= 11 is 0. The lowest BCUT2D eigenvalue weighted by atomic mass is 9.61. The van der Waals surface area contributed by atoms with Crippen LogP contribution in [-0.4, -0.2) is 22.3 Å². The largest absolute Gasteiger partial charge is 0.481 e. The van der Waals surface area contributed by atoms with Gasteiger partial charge in [-0.25, -0.2) is 0 Å². The van der Waals surface area contributed by atoms with E-state index in [4.69, 9.17) is 0 Å². The number of aliphatic hydroxyl groups is 1. The SMILES string of the molecule is C=C1CC[C@H](O)CC1=CC=C1CCC[C@@]2(C)C1CCC2C(C)C(=O)O. The minimum Gasteiger partial charge on any atom is -0.481 e. The fourth-order valence-corrected chi connectivity index (χ4v) is 5.67. The summed E-state index contributed by atoms with van der Waals surface area (Å²) in [5.74, 6) is -0.136. The minimum atomic E-state index is -0.655. The molecule has 3 saturated carbocycles. The summed E-state index contributed by atoms with van der Waals surface area (Å²) in [5.41, 5.74) is 3.94. The van der Waals surface area contributed by atoms with Crippen LogP contribution in [0.15, 0.2) is 35.5 Å². The molecule has 3 aliphatic carbocycles. The predicted octanol–water partition coefficient (Wildman–Crippen LogP) is 4.88. The number of fused-ring (bicyclic) bond motifs is 1. The number of allylic oxidation sites excluding steroid dienone is 4. The Morgan fingerprint density at radius 3 is 2.76 bits per heavy atom. The Hall–Kier alpha value is -1.35. The van der Waals surface area contributed by atoms with Crippen LogP contribution in [0.4, 0.5) is 0 Å². The third kappa shape index (κ3) is 3.48. The van der Waals surface area contributed by atoms with Crippen molar-refractivity contribution in [1.82, 2.24) is 0 Å². The van der Waals surface area contributed by atoms with Gasteiger partial charge in [0.05, 0.1) is 12.0 Å². The molecule has 0 radical (unpaired) electrons. The first kappa shape index (κ1) is 18.4. The van der Waals surface area contributed by atoms with E-state index in [2.05, 4.69) is 25.7 Å². The van der Waals surface area contributed by atoms with E-state index >= 15 is 0 Å². The predicted molar refractivity (Wildman–Crippen MR) is 100 cm³/mol. The molecule has 0 spiro atoms. The summed E-state index contributed by atoms with van der Waals surface area (Å²) in [6.45, 7) is 8.36. The summed E-state index contributed by atoms with van der Waals surface area (Å²) in [7, 11) is 0. The van der Waals surface area contributed by atoms with Crippen LogP contribution < -0.4 is 0 Å². The van der Waals surface area contributed by atoms with E-state index in [1.54, 1.807) is 0 Å². The van der Waals surface area contributed by atoms with E-state index < -0.39 is 5.97 Å². The Morgan fingerprint density at radius 2 is 2.04 bits per heavy atom. The second-order valence-corrected chi connectivity index (χ2v) is 8.66. The van der Waals surface area contributed by atoms with Crippen molar-refractivity contribution in [2.75, 3.05) is 0 Å². The van der Waals surface area contributed by atoms with Gasteiger partial charge in [0.1, 0.15) is 0 Å². The van der Waals surface area contributed by atoms with Crippen molar-refractivity contribution in [2.24, 2.45) is 23.2 Å². The summed E-state index contributed by atoms with van der Waals surface area (Å²) in [6, 6.07) is 0. The van der Waals surface area contributed by atoms with Gasteiger partial charge in [-0.3, -0.25) is 4.79 Å². The highest BCUT2D eigenvalue weighted by Crippen LogP contribution is 2.59. The van der Waals surface area contributed by atoms with Gasteiger partial charge in [-0.2, -0.15) is 0 Å². The molecular formula is C22H32O3. The maximum Gasteiger partial charge on any atom is 0.306 e. The van der Waals surface area contributed by atoms with Gasteiger partial charge in [-0.05, 0) is 74.2 Å². The molecule has 0 aliphatic heterocycles. The number of hydrogen-bond acceptors (Lipinski definition) is 2. The Labute approximate surface area is 151 Å². The van der Waals surface area contributed by atoms with E-state index in [-0.39, 0.29) is 23.4 Å². The lowest BCUT2D eigenvalue weighted by Crippen LogP contribution is -2.38. The van der Waals surface area contributed by atoms with Crippen molar-refractivity contribution < 1.29 is 15.0 Å². The van der Waals surface area contributed by atoms with Crippen molar-refractivity contribution >= 4 is 5.97 Å². The van der Waals surface area contributed by atoms with Crippen molar-refractivity contribution in [3.8, 4) is 0 Å². The highest BCUT2D eigenvalue weighted by Gasteiger charge is 2.51. The molecular weight excluding hydrogens is 312 g/mol. The van der Waals surface area contributed by atoms with Crippen molar-refractivity contribution in [1.29, 1.82) is 0 Å². The summed E-state index contributed by atoms with van der Waals surface area (Å²) in [5, 5.41) is 19.4. The topological polar surface area (TPSA) is 57.5 Å². The highest BCUT2D eigenvalue weighted by molar-refractivity contribution is 5.70. The number of aliphatic hydroxyl groups excluding tert-OH is 1. The zero-order valence-electron chi connectivity index (χ0n) is 15.6. The van der Waals surface area contributed by atoms with Crippen LogP contribution in [0.3, 0.4) is 0 Å². The van der Waals surface area contributed by atoms with Crippen LogP contribution in [-0.2, 0) is 4.79 Å². The number of carboxylic acid groups (broad SMARTS) is 1. The van der Waals surface area contributed by atoms with Gasteiger partial charge in [-0.1, -0.05) is 43.7 Å². The fourth-order valence-electron chi connectivity index (χ4n) is 5.67. The molecule has 2 N–H and O–H groups in total. The normalized spacial score (nSPS) is 40.3. The van der Waals surface area contributed by atoms with E-state index in [0.29, 0.717) is 12.3 Å². The zero-order chi connectivity index (χ0) is 18.2. The molecule has 0 amide bonds. The number of carbonyl (C=O) groups is 1. The van der Waals surface area contributed by atoms with Gasteiger partial charge in [0.25, 0.3) is 0 Å². The summed E-state index contributed by atoms with van der Waals surface area (Å²) < 4.78 is 0. The van der Waals surface area contributed by atoms with Crippen LogP contribution in [0, 0.1) is 23.2 Å². The molecule has 0 heterocycles. The monoisotopic (exact) mass is 344 g/mol. The first-order chi connectivity index (χ1) is 11.8. The number of aliphatic carboxylic acids is 1. The quantitative estimate of drug-likeness (QED) is 0.767. The van der Waals surface area contributed by atoms with Crippen molar-refractivity contribution in [3.63, 3.8) is 0 Å². The molecule has 5 atom stereocenters. The van der Waals surface area contributed by atoms with Gasteiger partial charge >= 0.3 is 5.97 Å². The Kier molecular flexibility index (Phi) is 5.24. The Bertz CT molecular complexity index is 615. The first-order valence-corrected chi connectivity index (χ1v) is 9.81. The lowest BCUT2D eigenvalue weighted by Gasteiger charge is -2.43. The van der Waals surface area contributed by atoms with Crippen molar-refractivity contribution in [2.45, 2.75) is 71.3 Å². The summed E-state index contributed by atoms with van der Waals surface area (Å²) in [4.78, 5) is 11.5. The van der Waals surface area contributed by atoms with Crippen LogP contribution in [0.1, 0.15) is 65.2 Å². The van der Waals surface area contributed by atoms with Gasteiger partial charge in [0, 0.05) is 0 Å². The molecule has 0 bridgehead atoms.